The summed E-state index contributed by atoms with van der Waals surface area (Å²) < 4.78 is 76.4. The van der Waals surface area contributed by atoms with Crippen LogP contribution in [-0.4, -0.2) is 82.6 Å². The van der Waals surface area contributed by atoms with E-state index in [1.807, 2.05) is 4.90 Å². The van der Waals surface area contributed by atoms with Gasteiger partial charge in [0, 0.05) is 45.0 Å². The number of anilines is 1. The molecule has 2 heterocycles. The topological polar surface area (TPSA) is 79.4 Å². The second-order valence-corrected chi connectivity index (χ2v) is 10.1. The minimum atomic E-state index is -4.41. The Morgan fingerprint density at radius 3 is 2.23 bits per heavy atom. The van der Waals surface area contributed by atoms with Gasteiger partial charge >= 0.3 is 6.18 Å². The molecule has 2 aliphatic heterocycles. The summed E-state index contributed by atoms with van der Waals surface area (Å²) in [6, 6.07) is 11.0. The number of amides is 1. The van der Waals surface area contributed by atoms with Crippen molar-refractivity contribution in [2.45, 2.75) is 11.1 Å². The Morgan fingerprint density at radius 2 is 1.60 bits per heavy atom. The number of carbonyl (C=O) groups is 1. The van der Waals surface area contributed by atoms with Gasteiger partial charge < -0.3 is 19.3 Å². The fourth-order valence-corrected chi connectivity index (χ4v) is 5.38. The van der Waals surface area contributed by atoms with E-state index in [4.69, 9.17) is 9.47 Å². The number of hydrogen-bond acceptors (Lipinski definition) is 6. The zero-order valence-electron chi connectivity index (χ0n) is 18.9. The maximum atomic E-state index is 13.0. The summed E-state index contributed by atoms with van der Waals surface area (Å²) in [5.41, 5.74) is -0.235. The lowest BCUT2D eigenvalue weighted by atomic mass is 10.1. The first kappa shape index (κ1) is 25.3. The summed E-state index contributed by atoms with van der Waals surface area (Å²) in [6.45, 7) is 2.62. The Hall–Kier alpha value is -2.83. The molecule has 2 aliphatic rings. The summed E-state index contributed by atoms with van der Waals surface area (Å²) in [7, 11) is -3.61. The van der Waals surface area contributed by atoms with Gasteiger partial charge in [-0.2, -0.15) is 17.5 Å². The largest absolute Gasteiger partial charge is 0.484 e. The first-order valence-electron chi connectivity index (χ1n) is 11.2. The predicted octanol–water partition coefficient (Wildman–Crippen LogP) is 2.45. The van der Waals surface area contributed by atoms with E-state index in [-0.39, 0.29) is 17.4 Å². The van der Waals surface area contributed by atoms with E-state index < -0.39 is 21.8 Å². The van der Waals surface area contributed by atoms with Gasteiger partial charge in [0.2, 0.25) is 10.0 Å². The zero-order valence-corrected chi connectivity index (χ0v) is 19.7. The molecule has 0 aromatic heterocycles. The molecular formula is C23H26F3N3O5S. The number of rotatable bonds is 6. The summed E-state index contributed by atoms with van der Waals surface area (Å²) in [5, 5.41) is 0. The lowest BCUT2D eigenvalue weighted by molar-refractivity contribution is -0.137. The predicted molar refractivity (Wildman–Crippen MR) is 122 cm³/mol. The van der Waals surface area contributed by atoms with Gasteiger partial charge in [0.15, 0.2) is 6.61 Å². The van der Waals surface area contributed by atoms with Crippen molar-refractivity contribution in [3.8, 4) is 5.75 Å². The van der Waals surface area contributed by atoms with Crippen LogP contribution < -0.4 is 9.64 Å². The summed E-state index contributed by atoms with van der Waals surface area (Å²) in [5.74, 6) is 0.112. The van der Waals surface area contributed by atoms with Gasteiger partial charge in [-0.1, -0.05) is 6.07 Å². The van der Waals surface area contributed by atoms with Crippen molar-refractivity contribution in [3.05, 3.63) is 54.1 Å². The van der Waals surface area contributed by atoms with Crippen LogP contribution in [0.2, 0.25) is 0 Å². The molecule has 8 nitrogen and oxygen atoms in total. The molecule has 0 N–H and O–H groups in total. The minimum Gasteiger partial charge on any atom is -0.484 e. The first-order chi connectivity index (χ1) is 16.6. The van der Waals surface area contributed by atoms with Crippen LogP contribution in [0.3, 0.4) is 0 Å². The van der Waals surface area contributed by atoms with Crippen LogP contribution in [0.15, 0.2) is 53.4 Å². The SMILES string of the molecule is O=C(COc1ccc(S(=O)(=O)N2CCOCC2)cc1)N1CCN(c2cccc(C(F)(F)F)c2)CC1. The average Bonchev–Trinajstić information content (AvgIpc) is 2.88. The highest BCUT2D eigenvalue weighted by Gasteiger charge is 2.31. The molecule has 0 spiro atoms. The molecule has 2 saturated heterocycles. The third kappa shape index (κ3) is 6.06. The molecule has 2 aromatic rings. The van der Waals surface area contributed by atoms with Gasteiger partial charge in [-0.25, -0.2) is 8.42 Å². The lowest BCUT2D eigenvalue weighted by Gasteiger charge is -2.36. The molecule has 0 atom stereocenters. The van der Waals surface area contributed by atoms with Gasteiger partial charge in [0.25, 0.3) is 5.91 Å². The Balaban J connectivity index is 1.27. The minimum absolute atomic E-state index is 0.142. The number of nitrogens with zero attached hydrogens (tertiary/aromatic N) is 3. The average molecular weight is 514 g/mol. The fraction of sp³-hybridized carbons (Fsp3) is 0.435. The van der Waals surface area contributed by atoms with Crippen LogP contribution in [0.4, 0.5) is 18.9 Å². The monoisotopic (exact) mass is 513 g/mol. The van der Waals surface area contributed by atoms with Crippen LogP contribution in [-0.2, 0) is 25.7 Å². The third-order valence-electron chi connectivity index (χ3n) is 5.96. The molecule has 4 rings (SSSR count). The highest BCUT2D eigenvalue weighted by atomic mass is 32.2. The van der Waals surface area contributed by atoms with Gasteiger partial charge in [0.05, 0.1) is 23.7 Å². The standard InChI is InChI=1S/C23H26F3N3O5S/c24-23(25,26)18-2-1-3-19(16-18)27-8-10-28(11-9-27)22(30)17-34-20-4-6-21(7-5-20)35(31,32)29-12-14-33-15-13-29/h1-7,16H,8-15,17H2. The zero-order chi connectivity index (χ0) is 25.1. The smallest absolute Gasteiger partial charge is 0.416 e. The van der Waals surface area contributed by atoms with Crippen LogP contribution >= 0.6 is 0 Å². The van der Waals surface area contributed by atoms with Crippen molar-refractivity contribution in [1.29, 1.82) is 0 Å². The van der Waals surface area contributed by atoms with Gasteiger partial charge in [-0.3, -0.25) is 4.79 Å². The number of piperazine rings is 1. The van der Waals surface area contributed by atoms with Crippen LogP contribution in [0.5, 0.6) is 5.75 Å². The highest BCUT2D eigenvalue weighted by Crippen LogP contribution is 2.32. The van der Waals surface area contributed by atoms with Crippen molar-refractivity contribution in [2.75, 3.05) is 64.0 Å². The van der Waals surface area contributed by atoms with E-state index in [0.717, 1.165) is 12.1 Å². The van der Waals surface area contributed by atoms with E-state index in [9.17, 15) is 26.4 Å². The fourth-order valence-electron chi connectivity index (χ4n) is 3.97. The molecule has 1 amide bonds. The van der Waals surface area contributed by atoms with Gasteiger partial charge in [-0.05, 0) is 42.5 Å². The Labute approximate surface area is 201 Å². The molecule has 0 saturated carbocycles. The summed E-state index contributed by atoms with van der Waals surface area (Å²) in [4.78, 5) is 16.1. The number of carbonyl (C=O) groups excluding carboxylic acids is 1. The number of hydrogen-bond donors (Lipinski definition) is 0. The number of benzene rings is 2. The van der Waals surface area contributed by atoms with E-state index in [2.05, 4.69) is 0 Å². The second-order valence-electron chi connectivity index (χ2n) is 8.19. The summed E-state index contributed by atoms with van der Waals surface area (Å²) in [6.07, 6.45) is -4.41. The second kappa shape index (κ2) is 10.4. The molecule has 0 radical (unpaired) electrons. The summed E-state index contributed by atoms with van der Waals surface area (Å²) >= 11 is 0. The quantitative estimate of drug-likeness (QED) is 0.591. The van der Waals surface area contributed by atoms with Crippen LogP contribution in [0.25, 0.3) is 0 Å². The maximum Gasteiger partial charge on any atom is 0.416 e. The molecule has 2 fully saturated rings. The molecule has 0 bridgehead atoms. The third-order valence-corrected chi connectivity index (χ3v) is 7.88. The number of alkyl halides is 3. The number of ether oxygens (including phenoxy) is 2. The Morgan fingerprint density at radius 1 is 0.943 bits per heavy atom. The van der Waals surface area contributed by atoms with Crippen molar-refractivity contribution >= 4 is 21.6 Å². The normalized spacial score (nSPS) is 17.9. The number of morpholine rings is 1. The maximum absolute atomic E-state index is 13.0. The van der Waals surface area contributed by atoms with E-state index in [0.29, 0.717) is 63.9 Å². The van der Waals surface area contributed by atoms with Crippen molar-refractivity contribution in [3.63, 3.8) is 0 Å². The van der Waals surface area contributed by atoms with Crippen molar-refractivity contribution in [1.82, 2.24) is 9.21 Å². The van der Waals surface area contributed by atoms with E-state index in [1.165, 1.54) is 34.6 Å². The van der Waals surface area contributed by atoms with Crippen LogP contribution in [0.1, 0.15) is 5.56 Å². The molecule has 12 heteroatoms. The highest BCUT2D eigenvalue weighted by molar-refractivity contribution is 7.89. The Bertz CT molecular complexity index is 1130. The molecule has 0 aliphatic carbocycles. The molecule has 2 aromatic carbocycles. The molecular weight excluding hydrogens is 487 g/mol. The number of sulfonamides is 1. The Kier molecular flexibility index (Phi) is 7.53. The van der Waals surface area contributed by atoms with E-state index in [1.54, 1.807) is 11.0 Å². The van der Waals surface area contributed by atoms with Gasteiger partial charge in [-0.15, -0.1) is 0 Å². The number of halogens is 3. The van der Waals surface area contributed by atoms with Gasteiger partial charge in [0.1, 0.15) is 5.75 Å². The van der Waals surface area contributed by atoms with Crippen molar-refractivity contribution in [2.24, 2.45) is 0 Å². The lowest BCUT2D eigenvalue weighted by Crippen LogP contribution is -2.50. The molecule has 0 unspecified atom stereocenters. The van der Waals surface area contributed by atoms with E-state index >= 15 is 0 Å². The van der Waals surface area contributed by atoms with Crippen LogP contribution in [0, 0.1) is 0 Å². The van der Waals surface area contributed by atoms with Crippen molar-refractivity contribution < 1.29 is 35.9 Å². The molecule has 190 valence electrons. The molecule has 35 heavy (non-hydrogen) atoms. The first-order valence-corrected chi connectivity index (χ1v) is 12.6.